The van der Waals surface area contributed by atoms with Gasteiger partial charge in [-0.1, -0.05) is 30.3 Å². The average molecular weight is 235 g/mol. The molecule has 1 heterocycles. The molecule has 1 aliphatic heterocycles. The molecule has 0 bridgehead atoms. The van der Waals surface area contributed by atoms with Crippen molar-refractivity contribution in [3.63, 3.8) is 0 Å². The van der Waals surface area contributed by atoms with Crippen LogP contribution in [0.2, 0.25) is 0 Å². The molecule has 2 N–H and O–H groups in total. The number of rotatable bonds is 4. The highest BCUT2D eigenvalue weighted by molar-refractivity contribution is 5.14. The van der Waals surface area contributed by atoms with E-state index in [2.05, 4.69) is 24.4 Å². The van der Waals surface area contributed by atoms with Crippen LogP contribution >= 0.6 is 0 Å². The molecule has 2 atom stereocenters. The molecule has 1 aliphatic rings. The summed E-state index contributed by atoms with van der Waals surface area (Å²) >= 11 is 0. The summed E-state index contributed by atoms with van der Waals surface area (Å²) in [5, 5.41) is 13.1. The van der Waals surface area contributed by atoms with Crippen LogP contribution in [0.5, 0.6) is 0 Å². The summed E-state index contributed by atoms with van der Waals surface area (Å²) in [6, 6.07) is 10.3. The monoisotopic (exact) mass is 235 g/mol. The number of aliphatic hydroxyl groups is 1. The van der Waals surface area contributed by atoms with Crippen LogP contribution in [-0.2, 0) is 11.3 Å². The van der Waals surface area contributed by atoms with Gasteiger partial charge in [0, 0.05) is 18.7 Å². The highest BCUT2D eigenvalue weighted by atomic mass is 16.5. The van der Waals surface area contributed by atoms with E-state index in [0.717, 1.165) is 26.0 Å². The zero-order chi connectivity index (χ0) is 12.1. The highest BCUT2D eigenvalue weighted by Crippen LogP contribution is 2.24. The zero-order valence-electron chi connectivity index (χ0n) is 10.4. The predicted octanol–water partition coefficient (Wildman–Crippen LogP) is 1.71. The molecule has 1 aromatic rings. The summed E-state index contributed by atoms with van der Waals surface area (Å²) in [7, 11) is 0. The molecule has 0 amide bonds. The van der Waals surface area contributed by atoms with E-state index in [-0.39, 0.29) is 18.2 Å². The largest absolute Gasteiger partial charge is 0.394 e. The smallest absolute Gasteiger partial charge is 0.0615 e. The standard InChI is InChI=1S/C14H21NO2/c1-12-9-14(11-16,7-8-17-12)15-10-13-5-3-2-4-6-13/h2-6,12,15-16H,7-11H2,1H3. The number of hydrogen-bond donors (Lipinski definition) is 2. The highest BCUT2D eigenvalue weighted by Gasteiger charge is 2.34. The topological polar surface area (TPSA) is 41.5 Å². The Morgan fingerprint density at radius 3 is 2.82 bits per heavy atom. The summed E-state index contributed by atoms with van der Waals surface area (Å²) in [5.41, 5.74) is 1.08. The van der Waals surface area contributed by atoms with Crippen LogP contribution in [0.25, 0.3) is 0 Å². The second kappa shape index (κ2) is 5.63. The van der Waals surface area contributed by atoms with Gasteiger partial charge in [0.2, 0.25) is 0 Å². The summed E-state index contributed by atoms with van der Waals surface area (Å²) in [6.45, 7) is 3.76. The van der Waals surface area contributed by atoms with Crippen LogP contribution in [0.3, 0.4) is 0 Å². The second-order valence-corrected chi connectivity index (χ2v) is 4.91. The first-order chi connectivity index (χ1) is 8.24. The quantitative estimate of drug-likeness (QED) is 0.834. The minimum absolute atomic E-state index is 0.173. The van der Waals surface area contributed by atoms with Crippen molar-refractivity contribution < 1.29 is 9.84 Å². The number of benzene rings is 1. The molecule has 2 unspecified atom stereocenters. The Morgan fingerprint density at radius 1 is 1.41 bits per heavy atom. The Labute approximate surface area is 103 Å². The number of ether oxygens (including phenoxy) is 1. The van der Waals surface area contributed by atoms with Gasteiger partial charge in [0.25, 0.3) is 0 Å². The molecule has 17 heavy (non-hydrogen) atoms. The van der Waals surface area contributed by atoms with E-state index in [1.165, 1.54) is 5.56 Å². The van der Waals surface area contributed by atoms with Crippen molar-refractivity contribution >= 4 is 0 Å². The van der Waals surface area contributed by atoms with Gasteiger partial charge in [-0.25, -0.2) is 0 Å². The Bertz CT molecular complexity index is 341. The molecule has 1 saturated heterocycles. The molecule has 0 radical (unpaired) electrons. The van der Waals surface area contributed by atoms with E-state index >= 15 is 0 Å². The number of aliphatic hydroxyl groups excluding tert-OH is 1. The van der Waals surface area contributed by atoms with Gasteiger partial charge < -0.3 is 15.2 Å². The van der Waals surface area contributed by atoms with E-state index in [0.29, 0.717) is 0 Å². The first-order valence-corrected chi connectivity index (χ1v) is 6.25. The van der Waals surface area contributed by atoms with Gasteiger partial charge in [-0.15, -0.1) is 0 Å². The molecule has 0 aliphatic carbocycles. The molecule has 0 spiro atoms. The van der Waals surface area contributed by atoms with Crippen molar-refractivity contribution in [1.29, 1.82) is 0 Å². The molecule has 3 heteroatoms. The Balaban J connectivity index is 1.95. The van der Waals surface area contributed by atoms with Crippen molar-refractivity contribution in [2.24, 2.45) is 0 Å². The minimum Gasteiger partial charge on any atom is -0.394 e. The molecule has 94 valence electrons. The lowest BCUT2D eigenvalue weighted by Gasteiger charge is -2.39. The van der Waals surface area contributed by atoms with Crippen LogP contribution < -0.4 is 5.32 Å². The first kappa shape index (κ1) is 12.6. The van der Waals surface area contributed by atoms with E-state index in [1.807, 2.05) is 18.2 Å². The van der Waals surface area contributed by atoms with Crippen molar-refractivity contribution in [3.8, 4) is 0 Å². The van der Waals surface area contributed by atoms with Gasteiger partial charge in [0.05, 0.1) is 12.7 Å². The maximum Gasteiger partial charge on any atom is 0.0615 e. The van der Waals surface area contributed by atoms with E-state index in [1.54, 1.807) is 0 Å². The molecule has 2 rings (SSSR count). The van der Waals surface area contributed by atoms with Crippen molar-refractivity contribution in [3.05, 3.63) is 35.9 Å². The van der Waals surface area contributed by atoms with Crippen LogP contribution in [0.15, 0.2) is 30.3 Å². The number of hydrogen-bond acceptors (Lipinski definition) is 3. The Morgan fingerprint density at radius 2 is 2.18 bits per heavy atom. The average Bonchev–Trinajstić information content (AvgIpc) is 2.38. The summed E-state index contributed by atoms with van der Waals surface area (Å²) in [4.78, 5) is 0. The summed E-state index contributed by atoms with van der Waals surface area (Å²) in [5.74, 6) is 0. The third kappa shape index (κ3) is 3.28. The first-order valence-electron chi connectivity index (χ1n) is 6.25. The Kier molecular flexibility index (Phi) is 4.15. The zero-order valence-corrected chi connectivity index (χ0v) is 10.4. The van der Waals surface area contributed by atoms with Gasteiger partial charge in [-0.3, -0.25) is 0 Å². The maximum atomic E-state index is 9.62. The molecule has 0 aromatic heterocycles. The van der Waals surface area contributed by atoms with E-state index in [9.17, 15) is 5.11 Å². The van der Waals surface area contributed by atoms with Gasteiger partial charge in [0.1, 0.15) is 0 Å². The third-order valence-electron chi connectivity index (χ3n) is 3.47. The maximum absolute atomic E-state index is 9.62. The number of nitrogens with one attached hydrogen (secondary N) is 1. The van der Waals surface area contributed by atoms with Crippen LogP contribution in [0.4, 0.5) is 0 Å². The van der Waals surface area contributed by atoms with Gasteiger partial charge >= 0.3 is 0 Å². The molecular weight excluding hydrogens is 214 g/mol. The lowest BCUT2D eigenvalue weighted by molar-refractivity contribution is -0.0365. The fourth-order valence-electron chi connectivity index (χ4n) is 2.41. The molecule has 0 saturated carbocycles. The fourth-order valence-corrected chi connectivity index (χ4v) is 2.41. The van der Waals surface area contributed by atoms with Crippen LogP contribution in [-0.4, -0.2) is 30.0 Å². The minimum atomic E-state index is -0.173. The lowest BCUT2D eigenvalue weighted by Crippen LogP contribution is -2.53. The molecular formula is C14H21NO2. The van der Waals surface area contributed by atoms with Crippen molar-refractivity contribution in [1.82, 2.24) is 5.32 Å². The summed E-state index contributed by atoms with van der Waals surface area (Å²) < 4.78 is 5.54. The van der Waals surface area contributed by atoms with Crippen molar-refractivity contribution in [2.45, 2.75) is 38.0 Å². The Hall–Kier alpha value is -0.900. The second-order valence-electron chi connectivity index (χ2n) is 4.91. The predicted molar refractivity (Wildman–Crippen MR) is 67.7 cm³/mol. The normalized spacial score (nSPS) is 29.2. The van der Waals surface area contributed by atoms with E-state index < -0.39 is 0 Å². The third-order valence-corrected chi connectivity index (χ3v) is 3.47. The van der Waals surface area contributed by atoms with Gasteiger partial charge in [-0.05, 0) is 25.3 Å². The fraction of sp³-hybridized carbons (Fsp3) is 0.571. The van der Waals surface area contributed by atoms with E-state index in [4.69, 9.17) is 4.74 Å². The molecule has 3 nitrogen and oxygen atoms in total. The van der Waals surface area contributed by atoms with Crippen molar-refractivity contribution in [2.75, 3.05) is 13.2 Å². The van der Waals surface area contributed by atoms with Crippen LogP contribution in [0, 0.1) is 0 Å². The lowest BCUT2D eigenvalue weighted by atomic mass is 9.87. The molecule has 1 aromatic carbocycles. The van der Waals surface area contributed by atoms with Crippen LogP contribution in [0.1, 0.15) is 25.3 Å². The van der Waals surface area contributed by atoms with Gasteiger partial charge in [-0.2, -0.15) is 0 Å². The summed E-state index contributed by atoms with van der Waals surface area (Å²) in [6.07, 6.45) is 1.97. The van der Waals surface area contributed by atoms with Gasteiger partial charge in [0.15, 0.2) is 0 Å². The molecule has 1 fully saturated rings. The SMILES string of the molecule is CC1CC(CO)(NCc2ccccc2)CCO1.